The lowest BCUT2D eigenvalue weighted by Crippen LogP contribution is -2.07. The van der Waals surface area contributed by atoms with Crippen LogP contribution in [-0.4, -0.2) is 18.1 Å². The number of ether oxygens (including phenoxy) is 1. The van der Waals surface area contributed by atoms with Gasteiger partial charge in [0.05, 0.1) is 12.8 Å². The Bertz CT molecular complexity index is 402. The zero-order chi connectivity index (χ0) is 10.7. The minimum atomic E-state index is -0.595. The van der Waals surface area contributed by atoms with Crippen molar-refractivity contribution in [2.24, 2.45) is 0 Å². The maximum Gasteiger partial charge on any atom is 0.356 e. The molecule has 1 aromatic rings. The van der Waals surface area contributed by atoms with E-state index < -0.39 is 5.97 Å². The largest absolute Gasteiger partial charge is 0.464 e. The third kappa shape index (κ3) is 1.83. The fourth-order valence-electron chi connectivity index (χ4n) is 0.852. The Balaban J connectivity index is 3.29. The maximum atomic E-state index is 11.1. The summed E-state index contributed by atoms with van der Waals surface area (Å²) in [5, 5.41) is 8.67. The number of nitrogen functional groups attached to an aromatic ring is 1. The Morgan fingerprint density at radius 3 is 2.86 bits per heavy atom. The smallest absolute Gasteiger partial charge is 0.356 e. The quantitative estimate of drug-likeness (QED) is 0.600. The van der Waals surface area contributed by atoms with Crippen molar-refractivity contribution in [3.8, 4) is 6.07 Å². The number of halogens is 1. The number of aromatic nitrogens is 1. The standard InChI is InChI=1S/C8H6BrN3O2/c1-14-8(13)6-2-5(11)4(3-10)7(9)12-6/h2H,1H3,(H2,11,12). The lowest BCUT2D eigenvalue weighted by Gasteiger charge is -2.03. The first kappa shape index (κ1) is 10.5. The topological polar surface area (TPSA) is 89.0 Å². The van der Waals surface area contributed by atoms with Crippen LogP contribution in [0.2, 0.25) is 0 Å². The van der Waals surface area contributed by atoms with Crippen molar-refractivity contribution in [2.45, 2.75) is 0 Å². The zero-order valence-electron chi connectivity index (χ0n) is 7.24. The number of hydrogen-bond donors (Lipinski definition) is 1. The minimum Gasteiger partial charge on any atom is -0.464 e. The lowest BCUT2D eigenvalue weighted by molar-refractivity contribution is 0.0594. The number of hydrogen-bond acceptors (Lipinski definition) is 5. The average Bonchev–Trinajstić information content (AvgIpc) is 2.16. The molecule has 14 heavy (non-hydrogen) atoms. The molecule has 0 atom stereocenters. The number of anilines is 1. The second-order valence-electron chi connectivity index (χ2n) is 2.37. The first-order valence-corrected chi connectivity index (χ1v) is 4.34. The highest BCUT2D eigenvalue weighted by molar-refractivity contribution is 9.10. The molecule has 0 aliphatic carbocycles. The lowest BCUT2D eigenvalue weighted by atomic mass is 10.2. The van der Waals surface area contributed by atoms with Gasteiger partial charge in [0.1, 0.15) is 16.2 Å². The van der Waals surface area contributed by atoms with Crippen LogP contribution in [0.5, 0.6) is 0 Å². The summed E-state index contributed by atoms with van der Waals surface area (Å²) in [5.74, 6) is -0.595. The normalized spacial score (nSPS) is 9.21. The van der Waals surface area contributed by atoms with E-state index in [1.807, 2.05) is 6.07 Å². The average molecular weight is 256 g/mol. The summed E-state index contributed by atoms with van der Waals surface area (Å²) in [6, 6.07) is 3.16. The summed E-state index contributed by atoms with van der Waals surface area (Å²) in [6.07, 6.45) is 0. The van der Waals surface area contributed by atoms with Gasteiger partial charge < -0.3 is 10.5 Å². The fourth-order valence-corrected chi connectivity index (χ4v) is 1.36. The molecule has 1 rings (SSSR count). The van der Waals surface area contributed by atoms with Crippen molar-refractivity contribution in [3.05, 3.63) is 21.9 Å². The van der Waals surface area contributed by atoms with Gasteiger partial charge in [-0.2, -0.15) is 5.26 Å². The Labute approximate surface area is 88.6 Å². The van der Waals surface area contributed by atoms with E-state index in [1.165, 1.54) is 13.2 Å². The molecule has 0 amide bonds. The van der Waals surface area contributed by atoms with Crippen LogP contribution in [0, 0.1) is 11.3 Å². The van der Waals surface area contributed by atoms with Gasteiger partial charge in [-0.15, -0.1) is 0 Å². The summed E-state index contributed by atoms with van der Waals surface area (Å²) in [7, 11) is 1.24. The van der Waals surface area contributed by atoms with Crippen LogP contribution in [0.15, 0.2) is 10.7 Å². The Kier molecular flexibility index (Phi) is 3.04. The van der Waals surface area contributed by atoms with E-state index in [-0.39, 0.29) is 21.5 Å². The van der Waals surface area contributed by atoms with Crippen molar-refractivity contribution in [2.75, 3.05) is 12.8 Å². The molecular formula is C8H6BrN3O2. The predicted octanol–water partition coefficient (Wildman–Crippen LogP) is 1.08. The molecule has 0 fully saturated rings. The molecule has 0 aliphatic heterocycles. The highest BCUT2D eigenvalue weighted by Crippen LogP contribution is 2.20. The van der Waals surface area contributed by atoms with Gasteiger partial charge in [-0.05, 0) is 22.0 Å². The van der Waals surface area contributed by atoms with Gasteiger partial charge in [0.25, 0.3) is 0 Å². The van der Waals surface area contributed by atoms with Crippen LogP contribution in [0.1, 0.15) is 16.1 Å². The van der Waals surface area contributed by atoms with E-state index in [0.717, 1.165) is 0 Å². The van der Waals surface area contributed by atoms with E-state index in [0.29, 0.717) is 0 Å². The minimum absolute atomic E-state index is 0.0656. The first-order chi connectivity index (χ1) is 6.60. The van der Waals surface area contributed by atoms with E-state index in [1.54, 1.807) is 0 Å². The van der Waals surface area contributed by atoms with Crippen LogP contribution in [0.3, 0.4) is 0 Å². The Hall–Kier alpha value is -1.61. The van der Waals surface area contributed by atoms with E-state index >= 15 is 0 Å². The third-order valence-corrected chi connectivity index (χ3v) is 2.09. The molecule has 0 aromatic carbocycles. The molecule has 0 saturated heterocycles. The second-order valence-corrected chi connectivity index (χ2v) is 3.12. The molecule has 0 radical (unpaired) electrons. The van der Waals surface area contributed by atoms with Gasteiger partial charge in [-0.1, -0.05) is 0 Å². The van der Waals surface area contributed by atoms with Crippen LogP contribution >= 0.6 is 15.9 Å². The summed E-state index contributed by atoms with van der Waals surface area (Å²) in [4.78, 5) is 14.9. The number of pyridine rings is 1. The van der Waals surface area contributed by atoms with Gasteiger partial charge >= 0.3 is 5.97 Å². The van der Waals surface area contributed by atoms with Gasteiger partial charge in [-0.25, -0.2) is 9.78 Å². The van der Waals surface area contributed by atoms with Crippen LogP contribution < -0.4 is 5.73 Å². The van der Waals surface area contributed by atoms with Crippen LogP contribution in [0.4, 0.5) is 5.69 Å². The zero-order valence-corrected chi connectivity index (χ0v) is 8.83. The Morgan fingerprint density at radius 1 is 1.79 bits per heavy atom. The number of nitrogens with zero attached hydrogens (tertiary/aromatic N) is 2. The maximum absolute atomic E-state index is 11.1. The highest BCUT2D eigenvalue weighted by Gasteiger charge is 2.13. The van der Waals surface area contributed by atoms with Crippen molar-refractivity contribution in [1.29, 1.82) is 5.26 Å². The monoisotopic (exact) mass is 255 g/mol. The van der Waals surface area contributed by atoms with E-state index in [4.69, 9.17) is 11.0 Å². The number of esters is 1. The number of methoxy groups -OCH3 is 1. The molecule has 0 saturated carbocycles. The number of carbonyl (C=O) groups is 1. The Morgan fingerprint density at radius 2 is 2.43 bits per heavy atom. The molecule has 72 valence electrons. The van der Waals surface area contributed by atoms with E-state index in [2.05, 4.69) is 25.7 Å². The summed E-state index contributed by atoms with van der Waals surface area (Å²) in [6.45, 7) is 0. The molecule has 0 aliphatic rings. The predicted molar refractivity (Wildman–Crippen MR) is 52.4 cm³/mol. The van der Waals surface area contributed by atoms with Crippen molar-refractivity contribution in [1.82, 2.24) is 4.98 Å². The molecule has 0 unspecified atom stereocenters. The number of nitrogens with two attached hydrogens (primary N) is 1. The molecule has 6 heteroatoms. The van der Waals surface area contributed by atoms with Crippen molar-refractivity contribution < 1.29 is 9.53 Å². The number of nitriles is 1. The number of rotatable bonds is 1. The first-order valence-electron chi connectivity index (χ1n) is 3.54. The van der Waals surface area contributed by atoms with Gasteiger partial charge in [0.15, 0.2) is 5.69 Å². The van der Waals surface area contributed by atoms with Crippen LogP contribution in [0.25, 0.3) is 0 Å². The number of carbonyl (C=O) groups excluding carboxylic acids is 1. The second kappa shape index (κ2) is 4.07. The third-order valence-electron chi connectivity index (χ3n) is 1.51. The van der Waals surface area contributed by atoms with Crippen LogP contribution in [-0.2, 0) is 4.74 Å². The van der Waals surface area contributed by atoms with Gasteiger partial charge in [-0.3, -0.25) is 0 Å². The molecule has 1 heterocycles. The molecule has 2 N–H and O–H groups in total. The van der Waals surface area contributed by atoms with Gasteiger partial charge in [0, 0.05) is 0 Å². The van der Waals surface area contributed by atoms with E-state index in [9.17, 15) is 4.79 Å². The summed E-state index contributed by atoms with van der Waals surface area (Å²) in [5.41, 5.74) is 5.99. The molecule has 1 aromatic heterocycles. The molecule has 5 nitrogen and oxygen atoms in total. The SMILES string of the molecule is COC(=O)c1cc(N)c(C#N)c(Br)n1. The van der Waals surface area contributed by atoms with Gasteiger partial charge in [0.2, 0.25) is 0 Å². The summed E-state index contributed by atoms with van der Waals surface area (Å²) >= 11 is 3.03. The highest BCUT2D eigenvalue weighted by atomic mass is 79.9. The molecular weight excluding hydrogens is 250 g/mol. The van der Waals surface area contributed by atoms with Crippen molar-refractivity contribution in [3.63, 3.8) is 0 Å². The molecule has 0 bridgehead atoms. The molecule has 0 spiro atoms. The fraction of sp³-hybridized carbons (Fsp3) is 0.125. The van der Waals surface area contributed by atoms with Crippen molar-refractivity contribution >= 4 is 27.6 Å². The summed E-state index contributed by atoms with van der Waals surface area (Å²) < 4.78 is 4.70.